The molecule has 1 aliphatic heterocycles. The molecule has 1 N–H and O–H groups in total. The fraction of sp³-hybridized carbons (Fsp3) is 0.500. The van der Waals surface area contributed by atoms with Gasteiger partial charge in [0.1, 0.15) is 5.82 Å². The Kier molecular flexibility index (Phi) is 3.66. The van der Waals surface area contributed by atoms with Crippen LogP contribution in [0.1, 0.15) is 28.4 Å². The SMILES string of the molecule is Cc1cc(C(=O)N2CCN[C@H](C)C2)cc(C)c1F. The monoisotopic (exact) mass is 250 g/mol. The Morgan fingerprint density at radius 2 is 2.00 bits per heavy atom. The maximum atomic E-state index is 13.5. The molecule has 4 heteroatoms. The highest BCUT2D eigenvalue weighted by atomic mass is 19.1. The second kappa shape index (κ2) is 5.06. The molecule has 1 fully saturated rings. The lowest BCUT2D eigenvalue weighted by Crippen LogP contribution is -2.51. The molecule has 0 aliphatic carbocycles. The molecule has 1 atom stereocenters. The van der Waals surface area contributed by atoms with E-state index < -0.39 is 0 Å². The molecular weight excluding hydrogens is 231 g/mol. The molecule has 0 saturated carbocycles. The Hall–Kier alpha value is -1.42. The van der Waals surface area contributed by atoms with E-state index in [1.165, 1.54) is 0 Å². The average molecular weight is 250 g/mol. The van der Waals surface area contributed by atoms with Gasteiger partial charge in [-0.25, -0.2) is 4.39 Å². The zero-order valence-corrected chi connectivity index (χ0v) is 11.1. The predicted octanol–water partition coefficient (Wildman–Crippen LogP) is 1.88. The van der Waals surface area contributed by atoms with E-state index in [2.05, 4.69) is 12.2 Å². The third-order valence-corrected chi connectivity index (χ3v) is 3.34. The minimum atomic E-state index is -0.222. The van der Waals surface area contributed by atoms with Crippen LogP contribution in [0.25, 0.3) is 0 Å². The fourth-order valence-corrected chi connectivity index (χ4v) is 2.37. The van der Waals surface area contributed by atoms with Crippen molar-refractivity contribution in [3.8, 4) is 0 Å². The summed E-state index contributed by atoms with van der Waals surface area (Å²) in [4.78, 5) is 14.2. The summed E-state index contributed by atoms with van der Waals surface area (Å²) >= 11 is 0. The summed E-state index contributed by atoms with van der Waals surface area (Å²) in [6, 6.07) is 3.58. The van der Waals surface area contributed by atoms with Crippen LogP contribution in [0.5, 0.6) is 0 Å². The largest absolute Gasteiger partial charge is 0.336 e. The number of nitrogens with one attached hydrogen (secondary N) is 1. The Balaban J connectivity index is 2.23. The van der Waals surface area contributed by atoms with Gasteiger partial charge in [-0.2, -0.15) is 0 Å². The lowest BCUT2D eigenvalue weighted by Gasteiger charge is -2.32. The predicted molar refractivity (Wildman–Crippen MR) is 69.2 cm³/mol. The third kappa shape index (κ3) is 2.53. The van der Waals surface area contributed by atoms with Gasteiger partial charge in [0.25, 0.3) is 5.91 Å². The van der Waals surface area contributed by atoms with Crippen LogP contribution < -0.4 is 5.32 Å². The van der Waals surface area contributed by atoms with E-state index in [4.69, 9.17) is 0 Å². The quantitative estimate of drug-likeness (QED) is 0.825. The van der Waals surface area contributed by atoms with Crippen molar-refractivity contribution in [3.05, 3.63) is 34.6 Å². The summed E-state index contributed by atoms with van der Waals surface area (Å²) in [6.45, 7) is 7.67. The standard InChI is InChI=1S/C14H19FN2O/c1-9-6-12(7-10(2)13(9)15)14(18)17-5-4-16-11(3)8-17/h6-7,11,16H,4-5,8H2,1-3H3/t11-/m1/s1. The number of aryl methyl sites for hydroxylation is 2. The molecular formula is C14H19FN2O. The number of piperazine rings is 1. The Labute approximate surface area is 107 Å². The lowest BCUT2D eigenvalue weighted by molar-refractivity contribution is 0.0709. The number of benzene rings is 1. The normalized spacial score (nSPS) is 20.0. The Morgan fingerprint density at radius 3 is 2.56 bits per heavy atom. The van der Waals surface area contributed by atoms with Gasteiger partial charge in [0.2, 0.25) is 0 Å². The molecule has 1 saturated heterocycles. The maximum absolute atomic E-state index is 13.5. The molecule has 3 nitrogen and oxygen atoms in total. The van der Waals surface area contributed by atoms with Crippen molar-refractivity contribution >= 4 is 5.91 Å². The number of halogens is 1. The first-order valence-corrected chi connectivity index (χ1v) is 6.28. The average Bonchev–Trinajstić information content (AvgIpc) is 2.34. The second-order valence-electron chi connectivity index (χ2n) is 5.03. The van der Waals surface area contributed by atoms with E-state index in [-0.39, 0.29) is 11.7 Å². The van der Waals surface area contributed by atoms with Gasteiger partial charge >= 0.3 is 0 Å². The van der Waals surface area contributed by atoms with Crippen molar-refractivity contribution in [1.29, 1.82) is 0 Å². The van der Waals surface area contributed by atoms with E-state index in [0.717, 1.165) is 6.54 Å². The molecule has 0 bridgehead atoms. The Bertz CT molecular complexity index is 450. The van der Waals surface area contributed by atoms with E-state index >= 15 is 0 Å². The first-order chi connectivity index (χ1) is 8.49. The number of hydrogen-bond donors (Lipinski definition) is 1. The van der Waals surface area contributed by atoms with Gasteiger partial charge in [-0.3, -0.25) is 4.79 Å². The van der Waals surface area contributed by atoms with Gasteiger partial charge < -0.3 is 10.2 Å². The summed E-state index contributed by atoms with van der Waals surface area (Å²) in [6.07, 6.45) is 0. The number of carbonyl (C=O) groups is 1. The zero-order chi connectivity index (χ0) is 13.3. The summed E-state index contributed by atoms with van der Waals surface area (Å²) in [5.41, 5.74) is 1.64. The van der Waals surface area contributed by atoms with Crippen molar-refractivity contribution in [2.75, 3.05) is 19.6 Å². The smallest absolute Gasteiger partial charge is 0.253 e. The fourth-order valence-electron chi connectivity index (χ4n) is 2.37. The molecule has 1 aliphatic rings. The van der Waals surface area contributed by atoms with Gasteiger partial charge in [-0.15, -0.1) is 0 Å². The van der Waals surface area contributed by atoms with Crippen LogP contribution in [0.15, 0.2) is 12.1 Å². The highest BCUT2D eigenvalue weighted by Crippen LogP contribution is 2.16. The minimum absolute atomic E-state index is 0.00505. The minimum Gasteiger partial charge on any atom is -0.336 e. The molecule has 0 radical (unpaired) electrons. The van der Waals surface area contributed by atoms with Crippen LogP contribution in [0, 0.1) is 19.7 Å². The molecule has 0 aromatic heterocycles. The van der Waals surface area contributed by atoms with Crippen molar-refractivity contribution in [2.45, 2.75) is 26.8 Å². The van der Waals surface area contributed by atoms with E-state index in [9.17, 15) is 9.18 Å². The van der Waals surface area contributed by atoms with Crippen LogP contribution in [-0.4, -0.2) is 36.5 Å². The molecule has 2 rings (SSSR count). The topological polar surface area (TPSA) is 32.3 Å². The van der Waals surface area contributed by atoms with Crippen LogP contribution in [-0.2, 0) is 0 Å². The van der Waals surface area contributed by atoms with Crippen molar-refractivity contribution in [2.24, 2.45) is 0 Å². The Morgan fingerprint density at radius 1 is 1.39 bits per heavy atom. The van der Waals surface area contributed by atoms with Crippen molar-refractivity contribution < 1.29 is 9.18 Å². The summed E-state index contributed by atoms with van der Waals surface area (Å²) < 4.78 is 13.5. The molecule has 98 valence electrons. The van der Waals surface area contributed by atoms with Gasteiger partial charge in [-0.05, 0) is 44.0 Å². The second-order valence-corrected chi connectivity index (χ2v) is 5.03. The highest BCUT2D eigenvalue weighted by molar-refractivity contribution is 5.94. The van der Waals surface area contributed by atoms with E-state index in [1.54, 1.807) is 26.0 Å². The highest BCUT2D eigenvalue weighted by Gasteiger charge is 2.22. The van der Waals surface area contributed by atoms with Gasteiger partial charge in [-0.1, -0.05) is 0 Å². The first kappa shape index (κ1) is 13.0. The summed E-state index contributed by atoms with van der Waals surface area (Å²) in [7, 11) is 0. The van der Waals surface area contributed by atoms with Gasteiger partial charge in [0.15, 0.2) is 0 Å². The molecule has 1 aromatic carbocycles. The van der Waals surface area contributed by atoms with Crippen molar-refractivity contribution in [1.82, 2.24) is 10.2 Å². The van der Waals surface area contributed by atoms with E-state index in [1.807, 2.05) is 4.90 Å². The van der Waals surface area contributed by atoms with Crippen LogP contribution >= 0.6 is 0 Å². The number of rotatable bonds is 1. The number of hydrogen-bond acceptors (Lipinski definition) is 2. The lowest BCUT2D eigenvalue weighted by atomic mass is 10.0. The number of carbonyl (C=O) groups excluding carboxylic acids is 1. The van der Waals surface area contributed by atoms with Gasteiger partial charge in [0.05, 0.1) is 0 Å². The molecule has 1 aromatic rings. The molecule has 0 unspecified atom stereocenters. The number of amides is 1. The van der Waals surface area contributed by atoms with Crippen LogP contribution in [0.2, 0.25) is 0 Å². The molecule has 0 spiro atoms. The van der Waals surface area contributed by atoms with Crippen LogP contribution in [0.4, 0.5) is 4.39 Å². The zero-order valence-electron chi connectivity index (χ0n) is 11.1. The van der Waals surface area contributed by atoms with E-state index in [0.29, 0.717) is 35.8 Å². The number of nitrogens with zero attached hydrogens (tertiary/aromatic N) is 1. The van der Waals surface area contributed by atoms with Crippen molar-refractivity contribution in [3.63, 3.8) is 0 Å². The summed E-state index contributed by atoms with van der Waals surface area (Å²) in [5, 5.41) is 3.30. The third-order valence-electron chi connectivity index (χ3n) is 3.34. The molecule has 1 amide bonds. The van der Waals surface area contributed by atoms with Gasteiger partial charge in [0, 0.05) is 31.2 Å². The molecule has 18 heavy (non-hydrogen) atoms. The van der Waals surface area contributed by atoms with Crippen LogP contribution in [0.3, 0.4) is 0 Å². The molecule has 1 heterocycles. The first-order valence-electron chi connectivity index (χ1n) is 6.28. The summed E-state index contributed by atoms with van der Waals surface area (Å²) in [5.74, 6) is -0.227. The maximum Gasteiger partial charge on any atom is 0.253 e.